The number of rotatable bonds is 8. The average molecular weight is 507 g/mol. The standard InChI is InChI=1S/C19H20ClIO6/c1-4-14(22)26-16-12-8-7-11(20)10-13(12)17(19(25-3)18(16)24-2)27-15(23)6-5-9-21/h7-8,10H,4-6,9H2,1-3H3. The van der Waals surface area contributed by atoms with Crippen molar-refractivity contribution in [1.82, 2.24) is 0 Å². The topological polar surface area (TPSA) is 71.1 Å². The van der Waals surface area contributed by atoms with Gasteiger partial charge in [0.15, 0.2) is 11.5 Å². The van der Waals surface area contributed by atoms with Crippen LogP contribution in [-0.2, 0) is 9.59 Å². The van der Waals surface area contributed by atoms with Crippen LogP contribution in [0.3, 0.4) is 0 Å². The number of ether oxygens (including phenoxy) is 4. The fourth-order valence-corrected chi connectivity index (χ4v) is 3.04. The zero-order valence-corrected chi connectivity index (χ0v) is 18.2. The van der Waals surface area contributed by atoms with Crippen LogP contribution in [0.25, 0.3) is 10.8 Å². The number of hydrogen-bond donors (Lipinski definition) is 0. The molecule has 0 bridgehead atoms. The maximum absolute atomic E-state index is 12.2. The largest absolute Gasteiger partial charge is 0.490 e. The first-order valence-electron chi connectivity index (χ1n) is 8.31. The molecule has 0 radical (unpaired) electrons. The van der Waals surface area contributed by atoms with Crippen molar-refractivity contribution in [2.45, 2.75) is 26.2 Å². The molecule has 0 amide bonds. The molecule has 146 valence electrons. The minimum Gasteiger partial charge on any atom is -0.490 e. The Kier molecular flexibility index (Phi) is 7.97. The summed E-state index contributed by atoms with van der Waals surface area (Å²) in [6.45, 7) is 1.69. The highest BCUT2D eigenvalue weighted by Gasteiger charge is 2.26. The Bertz CT molecular complexity index is 852. The average Bonchev–Trinajstić information content (AvgIpc) is 2.67. The number of methoxy groups -OCH3 is 2. The number of carbonyl (C=O) groups is 2. The molecule has 0 heterocycles. The second-order valence-corrected chi connectivity index (χ2v) is 7.02. The maximum atomic E-state index is 12.2. The van der Waals surface area contributed by atoms with Crippen molar-refractivity contribution in [3.63, 3.8) is 0 Å². The van der Waals surface area contributed by atoms with Crippen LogP contribution < -0.4 is 18.9 Å². The van der Waals surface area contributed by atoms with E-state index in [1.54, 1.807) is 25.1 Å². The van der Waals surface area contributed by atoms with Crippen LogP contribution in [0.15, 0.2) is 18.2 Å². The van der Waals surface area contributed by atoms with E-state index < -0.39 is 11.9 Å². The summed E-state index contributed by atoms with van der Waals surface area (Å²) in [5.41, 5.74) is 0. The lowest BCUT2D eigenvalue weighted by atomic mass is 10.1. The third-order valence-corrected chi connectivity index (χ3v) is 4.73. The van der Waals surface area contributed by atoms with E-state index in [2.05, 4.69) is 22.6 Å². The lowest BCUT2D eigenvalue weighted by molar-refractivity contribution is -0.135. The molecule has 8 heteroatoms. The molecule has 0 saturated carbocycles. The highest BCUT2D eigenvalue weighted by atomic mass is 127. The van der Waals surface area contributed by atoms with Gasteiger partial charge in [0, 0.05) is 33.1 Å². The first-order chi connectivity index (χ1) is 13.0. The summed E-state index contributed by atoms with van der Waals surface area (Å²) in [4.78, 5) is 24.1. The molecule has 0 aliphatic carbocycles. The third kappa shape index (κ3) is 4.95. The van der Waals surface area contributed by atoms with Crippen LogP contribution in [0.5, 0.6) is 23.0 Å². The Balaban J connectivity index is 2.73. The van der Waals surface area contributed by atoms with Crippen LogP contribution in [0, 0.1) is 0 Å². The fraction of sp³-hybridized carbons (Fsp3) is 0.368. The summed E-state index contributed by atoms with van der Waals surface area (Å²) < 4.78 is 22.8. The number of alkyl halides is 1. The molecule has 27 heavy (non-hydrogen) atoms. The molecule has 0 spiro atoms. The lowest BCUT2D eigenvalue weighted by Crippen LogP contribution is -2.11. The van der Waals surface area contributed by atoms with E-state index in [4.69, 9.17) is 30.5 Å². The van der Waals surface area contributed by atoms with Crippen LogP contribution in [-0.4, -0.2) is 30.6 Å². The summed E-state index contributed by atoms with van der Waals surface area (Å²) in [6, 6.07) is 4.96. The van der Waals surface area contributed by atoms with Gasteiger partial charge in [0.2, 0.25) is 11.5 Å². The van der Waals surface area contributed by atoms with Crippen molar-refractivity contribution >= 4 is 56.9 Å². The summed E-state index contributed by atoms with van der Waals surface area (Å²) in [5.74, 6) is -0.119. The number of fused-ring (bicyclic) bond motifs is 1. The Morgan fingerprint density at radius 1 is 0.963 bits per heavy atom. The first-order valence-corrected chi connectivity index (χ1v) is 10.2. The van der Waals surface area contributed by atoms with E-state index in [0.717, 1.165) is 4.43 Å². The molecule has 0 saturated heterocycles. The van der Waals surface area contributed by atoms with Gasteiger partial charge in [-0.25, -0.2) is 0 Å². The number of halogens is 2. The van der Waals surface area contributed by atoms with Crippen LogP contribution >= 0.6 is 34.2 Å². The number of hydrogen-bond acceptors (Lipinski definition) is 6. The highest BCUT2D eigenvalue weighted by Crippen LogP contribution is 2.51. The molecule has 2 rings (SSSR count). The molecule has 0 aliphatic rings. The zero-order chi connectivity index (χ0) is 20.0. The second kappa shape index (κ2) is 9.98. The van der Waals surface area contributed by atoms with Gasteiger partial charge < -0.3 is 18.9 Å². The molecule has 0 atom stereocenters. The van der Waals surface area contributed by atoms with Crippen molar-refractivity contribution in [1.29, 1.82) is 0 Å². The predicted molar refractivity (Wildman–Crippen MR) is 112 cm³/mol. The van der Waals surface area contributed by atoms with Crippen molar-refractivity contribution in [2.75, 3.05) is 18.6 Å². The predicted octanol–water partition coefficient (Wildman–Crippen LogP) is 4.95. The van der Waals surface area contributed by atoms with Gasteiger partial charge in [0.1, 0.15) is 0 Å². The van der Waals surface area contributed by atoms with E-state index >= 15 is 0 Å². The van der Waals surface area contributed by atoms with Crippen molar-refractivity contribution in [3.05, 3.63) is 23.2 Å². The molecule has 0 aliphatic heterocycles. The van der Waals surface area contributed by atoms with Crippen molar-refractivity contribution in [2.24, 2.45) is 0 Å². The van der Waals surface area contributed by atoms with E-state index in [-0.39, 0.29) is 35.8 Å². The summed E-state index contributed by atoms with van der Waals surface area (Å²) in [6.07, 6.45) is 1.15. The Hall–Kier alpha value is -1.74. The third-order valence-electron chi connectivity index (χ3n) is 3.73. The van der Waals surface area contributed by atoms with Gasteiger partial charge in [-0.2, -0.15) is 0 Å². The molecule has 0 N–H and O–H groups in total. The Morgan fingerprint density at radius 3 is 2.11 bits per heavy atom. The van der Waals surface area contributed by atoms with Crippen molar-refractivity contribution in [3.8, 4) is 23.0 Å². The normalized spacial score (nSPS) is 10.6. The molecule has 6 nitrogen and oxygen atoms in total. The zero-order valence-electron chi connectivity index (χ0n) is 15.3. The van der Waals surface area contributed by atoms with Gasteiger partial charge >= 0.3 is 11.9 Å². The molecule has 0 unspecified atom stereocenters. The first kappa shape index (κ1) is 21.6. The molecular formula is C19H20ClIO6. The molecular weight excluding hydrogens is 487 g/mol. The SMILES string of the molecule is CCC(=O)Oc1c(OC)c(OC)c(OC(=O)CCCI)c2cc(Cl)ccc12. The molecule has 0 aromatic heterocycles. The van der Waals surface area contributed by atoms with Gasteiger partial charge in [0.05, 0.1) is 14.2 Å². The van der Waals surface area contributed by atoms with Crippen LogP contribution in [0.2, 0.25) is 5.02 Å². The molecule has 2 aromatic carbocycles. The van der Waals surface area contributed by atoms with E-state index in [1.165, 1.54) is 14.2 Å². The Morgan fingerprint density at radius 2 is 1.56 bits per heavy atom. The summed E-state index contributed by atoms with van der Waals surface area (Å²) in [5, 5.41) is 1.45. The van der Waals surface area contributed by atoms with Gasteiger partial charge in [-0.1, -0.05) is 41.1 Å². The summed E-state index contributed by atoms with van der Waals surface area (Å²) >= 11 is 8.34. The minimum atomic E-state index is -0.432. The van der Waals surface area contributed by atoms with Gasteiger partial charge in [-0.15, -0.1) is 0 Å². The minimum absolute atomic E-state index is 0.161. The maximum Gasteiger partial charge on any atom is 0.311 e. The highest BCUT2D eigenvalue weighted by molar-refractivity contribution is 14.1. The smallest absolute Gasteiger partial charge is 0.311 e. The summed E-state index contributed by atoms with van der Waals surface area (Å²) in [7, 11) is 2.84. The van der Waals surface area contributed by atoms with Crippen molar-refractivity contribution < 1.29 is 28.5 Å². The van der Waals surface area contributed by atoms with Crippen LogP contribution in [0.1, 0.15) is 26.2 Å². The molecule has 0 fully saturated rings. The van der Waals surface area contributed by atoms with Gasteiger partial charge in [-0.3, -0.25) is 9.59 Å². The number of carbonyl (C=O) groups excluding carboxylic acids is 2. The molecule has 2 aromatic rings. The lowest BCUT2D eigenvalue weighted by Gasteiger charge is -2.19. The van der Waals surface area contributed by atoms with Gasteiger partial charge in [-0.05, 0) is 24.6 Å². The number of esters is 2. The monoisotopic (exact) mass is 506 g/mol. The number of benzene rings is 2. The van der Waals surface area contributed by atoms with Gasteiger partial charge in [0.25, 0.3) is 0 Å². The van der Waals surface area contributed by atoms with Crippen LogP contribution in [0.4, 0.5) is 0 Å². The van der Waals surface area contributed by atoms with E-state index in [9.17, 15) is 9.59 Å². The fourth-order valence-electron chi connectivity index (χ4n) is 2.49. The van der Waals surface area contributed by atoms with E-state index in [1.807, 2.05) is 0 Å². The Labute approximate surface area is 176 Å². The quantitative estimate of drug-likeness (QED) is 0.218. The van der Waals surface area contributed by atoms with E-state index in [0.29, 0.717) is 22.2 Å². The second-order valence-electron chi connectivity index (χ2n) is 5.51.